The van der Waals surface area contributed by atoms with Crippen LogP contribution in [0.3, 0.4) is 0 Å². The van der Waals surface area contributed by atoms with Crippen LogP contribution in [0, 0.1) is 0 Å². The van der Waals surface area contributed by atoms with Gasteiger partial charge < -0.3 is 5.11 Å². The first kappa shape index (κ1) is 6.84. The number of rotatable bonds is 2. The molecule has 0 saturated carbocycles. The lowest BCUT2D eigenvalue weighted by Gasteiger charge is -2.15. The summed E-state index contributed by atoms with van der Waals surface area (Å²) in [6, 6.07) is 0. The summed E-state index contributed by atoms with van der Waals surface area (Å²) in [7, 11) is 3.19. The molecule has 1 unspecified atom stereocenters. The minimum Gasteiger partial charge on any atom is -0.364 e. The van der Waals surface area contributed by atoms with Gasteiger partial charge in [0.05, 0.1) is 0 Å². The second-order valence-electron chi connectivity index (χ2n) is 1.33. The summed E-state index contributed by atoms with van der Waals surface area (Å²) in [5, 5.41) is 12.3. The number of nitrogens with one attached hydrogen (secondary N) is 1. The lowest BCUT2D eigenvalue weighted by atomic mass is 10.9. The highest BCUT2D eigenvalue weighted by atomic mass is 16.3. The fourth-order valence-corrected chi connectivity index (χ4v) is 0.204. The van der Waals surface area contributed by atoms with Crippen molar-refractivity contribution in [2.45, 2.75) is 6.35 Å². The Hall–Kier alpha value is -0.160. The summed E-state index contributed by atoms with van der Waals surface area (Å²) in [5.74, 6) is 5.07. The first-order valence-corrected chi connectivity index (χ1v) is 2.01. The predicted octanol–water partition coefficient (Wildman–Crippen LogP) is -1.71. The van der Waals surface area contributed by atoms with E-state index in [-0.39, 0.29) is 0 Å². The van der Waals surface area contributed by atoms with Crippen molar-refractivity contribution in [3.8, 4) is 0 Å². The highest BCUT2D eigenvalue weighted by Gasteiger charge is 1.98. The largest absolute Gasteiger partial charge is 0.364 e. The number of hydrogen-bond acceptors (Lipinski definition) is 4. The molecule has 0 saturated heterocycles. The monoisotopic (exact) mass is 105 g/mol. The number of aliphatic hydroxyl groups excluding tert-OH is 1. The third kappa shape index (κ3) is 2.52. The summed E-state index contributed by atoms with van der Waals surface area (Å²) in [4.78, 5) is 0. The molecule has 44 valence electrons. The van der Waals surface area contributed by atoms with Crippen molar-refractivity contribution in [3.05, 3.63) is 0 Å². The molecule has 0 bridgehead atoms. The van der Waals surface area contributed by atoms with Crippen molar-refractivity contribution in [2.75, 3.05) is 14.1 Å². The molecule has 0 aliphatic heterocycles. The molecule has 0 radical (unpaired) electrons. The Bertz CT molecular complexity index is 47.4. The van der Waals surface area contributed by atoms with E-state index in [2.05, 4.69) is 5.32 Å². The molecule has 7 heavy (non-hydrogen) atoms. The summed E-state index contributed by atoms with van der Waals surface area (Å²) < 4.78 is 0. The van der Waals surface area contributed by atoms with Crippen LogP contribution >= 0.6 is 0 Å². The molecule has 0 aliphatic carbocycles. The van der Waals surface area contributed by atoms with Crippen molar-refractivity contribution in [2.24, 2.45) is 5.84 Å². The minimum absolute atomic E-state index is 0.736. The first-order chi connectivity index (χ1) is 3.18. The molecule has 0 fully saturated rings. The van der Waals surface area contributed by atoms with Gasteiger partial charge in [-0.25, -0.2) is 5.01 Å². The van der Waals surface area contributed by atoms with E-state index in [1.165, 1.54) is 5.01 Å². The van der Waals surface area contributed by atoms with Crippen LogP contribution in [0.25, 0.3) is 0 Å². The lowest BCUT2D eigenvalue weighted by Crippen LogP contribution is -2.45. The lowest BCUT2D eigenvalue weighted by molar-refractivity contribution is 0.000205. The molecule has 0 aromatic rings. The number of hydrogen-bond donors (Lipinski definition) is 3. The van der Waals surface area contributed by atoms with E-state index in [0.29, 0.717) is 0 Å². The minimum atomic E-state index is -0.736. The molecular formula is C3H11N3O. The van der Waals surface area contributed by atoms with Crippen molar-refractivity contribution in [3.63, 3.8) is 0 Å². The number of aliphatic hydroxyl groups is 1. The molecular weight excluding hydrogens is 94.1 g/mol. The molecule has 0 spiro atoms. The summed E-state index contributed by atoms with van der Waals surface area (Å²) in [6.07, 6.45) is -0.736. The molecule has 0 rings (SSSR count). The molecule has 0 amide bonds. The smallest absolute Gasteiger partial charge is 0.175 e. The van der Waals surface area contributed by atoms with Gasteiger partial charge >= 0.3 is 0 Å². The quantitative estimate of drug-likeness (QED) is 0.222. The maximum absolute atomic E-state index is 8.62. The van der Waals surface area contributed by atoms with Gasteiger partial charge in [0.15, 0.2) is 6.35 Å². The molecule has 0 heterocycles. The fraction of sp³-hybridized carbons (Fsp3) is 1.00. The van der Waals surface area contributed by atoms with Gasteiger partial charge in [0.1, 0.15) is 0 Å². The molecule has 0 aromatic heterocycles. The standard InChI is InChI=1S/C3H11N3O/c1-5-3(7)6(2)4/h3,5,7H,4H2,1-2H3. The van der Waals surface area contributed by atoms with Crippen LogP contribution in [0.2, 0.25) is 0 Å². The number of hydrazine groups is 1. The second-order valence-corrected chi connectivity index (χ2v) is 1.33. The van der Waals surface area contributed by atoms with E-state index >= 15 is 0 Å². The second kappa shape index (κ2) is 2.92. The first-order valence-electron chi connectivity index (χ1n) is 2.01. The topological polar surface area (TPSA) is 61.5 Å². The van der Waals surface area contributed by atoms with E-state index in [0.717, 1.165) is 0 Å². The Kier molecular flexibility index (Phi) is 2.86. The Morgan fingerprint density at radius 2 is 2.29 bits per heavy atom. The third-order valence-electron chi connectivity index (χ3n) is 0.644. The molecule has 4 heteroatoms. The van der Waals surface area contributed by atoms with Crippen molar-refractivity contribution in [1.29, 1.82) is 0 Å². The van der Waals surface area contributed by atoms with Gasteiger partial charge in [-0.3, -0.25) is 11.2 Å². The van der Waals surface area contributed by atoms with Gasteiger partial charge in [-0.05, 0) is 7.05 Å². The summed E-state index contributed by atoms with van der Waals surface area (Å²) in [6.45, 7) is 0. The SMILES string of the molecule is CNC(O)N(C)N. The van der Waals surface area contributed by atoms with Gasteiger partial charge in [0.2, 0.25) is 0 Å². The zero-order chi connectivity index (χ0) is 5.86. The highest BCUT2D eigenvalue weighted by Crippen LogP contribution is 1.71. The molecule has 4 N–H and O–H groups in total. The van der Waals surface area contributed by atoms with Gasteiger partial charge in [-0.2, -0.15) is 0 Å². The highest BCUT2D eigenvalue weighted by molar-refractivity contribution is 4.36. The van der Waals surface area contributed by atoms with Crippen LogP contribution in [0.4, 0.5) is 0 Å². The summed E-state index contributed by atoms with van der Waals surface area (Å²) >= 11 is 0. The van der Waals surface area contributed by atoms with Crippen LogP contribution in [-0.2, 0) is 0 Å². The van der Waals surface area contributed by atoms with Crippen LogP contribution in [0.1, 0.15) is 0 Å². The van der Waals surface area contributed by atoms with E-state index in [1.807, 2.05) is 0 Å². The van der Waals surface area contributed by atoms with Crippen molar-refractivity contribution >= 4 is 0 Å². The van der Waals surface area contributed by atoms with E-state index < -0.39 is 6.35 Å². The Labute approximate surface area is 42.9 Å². The van der Waals surface area contributed by atoms with Gasteiger partial charge in [0.25, 0.3) is 0 Å². The van der Waals surface area contributed by atoms with E-state index in [9.17, 15) is 0 Å². The zero-order valence-electron chi connectivity index (χ0n) is 4.55. The fourth-order valence-electron chi connectivity index (χ4n) is 0.204. The molecule has 0 aromatic carbocycles. The predicted molar refractivity (Wildman–Crippen MR) is 27.0 cm³/mol. The van der Waals surface area contributed by atoms with Crippen molar-refractivity contribution < 1.29 is 5.11 Å². The number of nitrogens with two attached hydrogens (primary N) is 1. The van der Waals surface area contributed by atoms with Crippen molar-refractivity contribution in [1.82, 2.24) is 10.3 Å². The van der Waals surface area contributed by atoms with E-state index in [4.69, 9.17) is 10.9 Å². The van der Waals surface area contributed by atoms with Gasteiger partial charge in [0, 0.05) is 7.05 Å². The van der Waals surface area contributed by atoms with Crippen LogP contribution in [0.5, 0.6) is 0 Å². The molecule has 0 aliphatic rings. The Balaban J connectivity index is 3.14. The molecule has 1 atom stereocenters. The number of nitrogens with zero attached hydrogens (tertiary/aromatic N) is 1. The Morgan fingerprint density at radius 1 is 1.86 bits per heavy atom. The maximum atomic E-state index is 8.62. The van der Waals surface area contributed by atoms with Gasteiger partial charge in [-0.1, -0.05) is 0 Å². The molecule has 4 nitrogen and oxygen atoms in total. The summed E-state index contributed by atoms with van der Waals surface area (Å²) in [5.41, 5.74) is 0. The maximum Gasteiger partial charge on any atom is 0.175 e. The van der Waals surface area contributed by atoms with Crippen LogP contribution < -0.4 is 11.2 Å². The normalized spacial score (nSPS) is 15.0. The van der Waals surface area contributed by atoms with E-state index in [1.54, 1.807) is 14.1 Å². The van der Waals surface area contributed by atoms with Gasteiger partial charge in [-0.15, -0.1) is 0 Å². The third-order valence-corrected chi connectivity index (χ3v) is 0.644. The Morgan fingerprint density at radius 3 is 2.29 bits per heavy atom. The zero-order valence-corrected chi connectivity index (χ0v) is 4.55. The average Bonchev–Trinajstić information content (AvgIpc) is 1.65. The van der Waals surface area contributed by atoms with Crippen LogP contribution in [-0.4, -0.2) is 30.6 Å². The van der Waals surface area contributed by atoms with Crippen LogP contribution in [0.15, 0.2) is 0 Å². The average molecular weight is 105 g/mol.